The van der Waals surface area contributed by atoms with Crippen LogP contribution in [0.25, 0.3) is 0 Å². The highest BCUT2D eigenvalue weighted by atomic mass is 16.6. The van der Waals surface area contributed by atoms with Crippen LogP contribution in [0.3, 0.4) is 0 Å². The molecule has 3 aromatic carbocycles. The average Bonchev–Trinajstić information content (AvgIpc) is 2.78. The number of rotatable bonds is 7. The molecule has 8 nitrogen and oxygen atoms in total. The number of nitrogens with one attached hydrogen (secondary N) is 1. The van der Waals surface area contributed by atoms with Crippen LogP contribution in [0.4, 0.5) is 11.4 Å². The van der Waals surface area contributed by atoms with Crippen molar-refractivity contribution in [1.82, 2.24) is 0 Å². The van der Waals surface area contributed by atoms with E-state index in [1.807, 2.05) is 6.07 Å². The number of benzene rings is 3. The van der Waals surface area contributed by atoms with Crippen molar-refractivity contribution < 1.29 is 24.0 Å². The van der Waals surface area contributed by atoms with Gasteiger partial charge in [-0.05, 0) is 30.7 Å². The molecule has 3 aromatic rings. The molecule has 1 N–H and O–H groups in total. The first-order valence-electron chi connectivity index (χ1n) is 9.27. The minimum atomic E-state index is -0.757. The number of ether oxygens (including phenoxy) is 1. The van der Waals surface area contributed by atoms with Crippen molar-refractivity contribution in [3.63, 3.8) is 0 Å². The molecule has 0 aliphatic carbocycles. The summed E-state index contributed by atoms with van der Waals surface area (Å²) < 4.78 is 4.97. The maximum atomic E-state index is 12.4. The first kappa shape index (κ1) is 21.4. The number of hydrogen-bond acceptors (Lipinski definition) is 6. The van der Waals surface area contributed by atoms with Crippen LogP contribution in [0.2, 0.25) is 0 Å². The van der Waals surface area contributed by atoms with E-state index in [2.05, 4.69) is 5.32 Å². The molecule has 31 heavy (non-hydrogen) atoms. The molecular formula is C23H18N2O6. The fourth-order valence-corrected chi connectivity index (χ4v) is 2.81. The molecule has 156 valence electrons. The third-order valence-electron chi connectivity index (χ3n) is 4.38. The Kier molecular flexibility index (Phi) is 6.51. The summed E-state index contributed by atoms with van der Waals surface area (Å²) >= 11 is 0. The van der Waals surface area contributed by atoms with Gasteiger partial charge in [0.25, 0.3) is 11.6 Å². The van der Waals surface area contributed by atoms with E-state index in [-0.39, 0.29) is 22.7 Å². The lowest BCUT2D eigenvalue weighted by Gasteiger charge is -2.08. The Morgan fingerprint density at radius 2 is 1.52 bits per heavy atom. The van der Waals surface area contributed by atoms with Gasteiger partial charge in [-0.3, -0.25) is 19.7 Å². The predicted octanol–water partition coefficient (Wildman–Crippen LogP) is 3.93. The SMILES string of the molecule is Cc1ccc(NC(=O)COC(=O)c2ccc(C(=O)c3ccccc3)cc2)c([N+](=O)[O-])c1. The van der Waals surface area contributed by atoms with E-state index in [0.29, 0.717) is 16.7 Å². The number of nitro benzene ring substituents is 1. The third-order valence-corrected chi connectivity index (χ3v) is 4.38. The molecule has 0 aromatic heterocycles. The van der Waals surface area contributed by atoms with Gasteiger partial charge in [0.05, 0.1) is 10.5 Å². The summed E-state index contributed by atoms with van der Waals surface area (Å²) in [6.45, 7) is 1.08. The number of ketones is 1. The Labute approximate surface area is 177 Å². The summed E-state index contributed by atoms with van der Waals surface area (Å²) in [7, 11) is 0. The van der Waals surface area contributed by atoms with Gasteiger partial charge in [-0.2, -0.15) is 0 Å². The number of esters is 1. The summed E-state index contributed by atoms with van der Waals surface area (Å²) in [5.74, 6) is -1.65. The monoisotopic (exact) mass is 418 g/mol. The molecule has 0 spiro atoms. The fraction of sp³-hybridized carbons (Fsp3) is 0.0870. The molecule has 0 aliphatic rings. The minimum absolute atomic E-state index is 0.0143. The largest absolute Gasteiger partial charge is 0.452 e. The van der Waals surface area contributed by atoms with Gasteiger partial charge in [0.2, 0.25) is 0 Å². The van der Waals surface area contributed by atoms with Crippen molar-refractivity contribution in [2.75, 3.05) is 11.9 Å². The molecule has 0 fully saturated rings. The van der Waals surface area contributed by atoms with Crippen molar-refractivity contribution in [1.29, 1.82) is 0 Å². The number of aryl methyl sites for hydroxylation is 1. The molecule has 1 amide bonds. The normalized spacial score (nSPS) is 10.2. The average molecular weight is 418 g/mol. The third kappa shape index (κ3) is 5.39. The number of carbonyl (C=O) groups excluding carboxylic acids is 3. The van der Waals surface area contributed by atoms with E-state index in [1.165, 1.54) is 36.4 Å². The van der Waals surface area contributed by atoms with E-state index in [9.17, 15) is 24.5 Å². The standard InChI is InChI=1S/C23H18N2O6/c1-15-7-12-19(20(13-15)25(29)30)24-21(26)14-31-23(28)18-10-8-17(9-11-18)22(27)16-5-3-2-4-6-16/h2-13H,14H2,1H3,(H,24,26). The van der Waals surface area contributed by atoms with Gasteiger partial charge in [-0.1, -0.05) is 48.5 Å². The van der Waals surface area contributed by atoms with E-state index in [4.69, 9.17) is 4.74 Å². The quantitative estimate of drug-likeness (QED) is 0.269. The van der Waals surface area contributed by atoms with Gasteiger partial charge in [0.1, 0.15) is 5.69 Å². The number of nitro groups is 1. The van der Waals surface area contributed by atoms with Gasteiger partial charge < -0.3 is 10.1 Å². The highest BCUT2D eigenvalue weighted by Crippen LogP contribution is 2.25. The number of nitrogens with zero attached hydrogens (tertiary/aromatic N) is 1. The van der Waals surface area contributed by atoms with Crippen molar-refractivity contribution in [2.24, 2.45) is 0 Å². The first-order valence-corrected chi connectivity index (χ1v) is 9.27. The first-order chi connectivity index (χ1) is 14.8. The smallest absolute Gasteiger partial charge is 0.338 e. The van der Waals surface area contributed by atoms with Crippen LogP contribution >= 0.6 is 0 Å². The van der Waals surface area contributed by atoms with Crippen LogP contribution in [0, 0.1) is 17.0 Å². The van der Waals surface area contributed by atoms with E-state index in [1.54, 1.807) is 37.3 Å². The zero-order valence-corrected chi connectivity index (χ0v) is 16.5. The Bertz CT molecular complexity index is 1140. The summed E-state index contributed by atoms with van der Waals surface area (Å²) in [5, 5.41) is 13.5. The Morgan fingerprint density at radius 1 is 0.903 bits per heavy atom. The van der Waals surface area contributed by atoms with Gasteiger partial charge in [0, 0.05) is 17.2 Å². The molecule has 0 aliphatic heterocycles. The summed E-state index contributed by atoms with van der Waals surface area (Å²) in [6, 6.07) is 18.9. The lowest BCUT2D eigenvalue weighted by atomic mass is 10.0. The lowest BCUT2D eigenvalue weighted by molar-refractivity contribution is -0.384. The molecule has 3 rings (SSSR count). The second kappa shape index (κ2) is 9.45. The van der Waals surface area contributed by atoms with Gasteiger partial charge >= 0.3 is 5.97 Å². The highest BCUT2D eigenvalue weighted by molar-refractivity contribution is 6.09. The van der Waals surface area contributed by atoms with Gasteiger partial charge in [-0.15, -0.1) is 0 Å². The second-order valence-corrected chi connectivity index (χ2v) is 6.67. The maximum absolute atomic E-state index is 12.4. The molecule has 0 heterocycles. The number of hydrogen-bond donors (Lipinski definition) is 1. The van der Waals surface area contributed by atoms with Crippen molar-refractivity contribution in [3.8, 4) is 0 Å². The molecule has 0 bridgehead atoms. The zero-order valence-electron chi connectivity index (χ0n) is 16.5. The van der Waals surface area contributed by atoms with Crippen LogP contribution in [0.15, 0.2) is 72.8 Å². The predicted molar refractivity (Wildman–Crippen MR) is 113 cm³/mol. The lowest BCUT2D eigenvalue weighted by Crippen LogP contribution is -2.21. The molecule has 0 saturated heterocycles. The minimum Gasteiger partial charge on any atom is -0.452 e. The van der Waals surface area contributed by atoms with Crippen molar-refractivity contribution in [2.45, 2.75) is 6.92 Å². The summed E-state index contributed by atoms with van der Waals surface area (Å²) in [5.41, 5.74) is 1.54. The van der Waals surface area contributed by atoms with Crippen LogP contribution in [-0.4, -0.2) is 29.2 Å². The zero-order chi connectivity index (χ0) is 22.4. The molecule has 0 unspecified atom stereocenters. The van der Waals surface area contributed by atoms with Gasteiger partial charge in [0.15, 0.2) is 12.4 Å². The molecule has 0 radical (unpaired) electrons. The van der Waals surface area contributed by atoms with Crippen LogP contribution in [0.5, 0.6) is 0 Å². The second-order valence-electron chi connectivity index (χ2n) is 6.67. The van der Waals surface area contributed by atoms with Crippen LogP contribution in [-0.2, 0) is 9.53 Å². The van der Waals surface area contributed by atoms with Gasteiger partial charge in [-0.25, -0.2) is 4.79 Å². The Morgan fingerprint density at radius 3 is 2.16 bits per heavy atom. The molecule has 0 saturated carbocycles. The fourth-order valence-electron chi connectivity index (χ4n) is 2.81. The summed E-state index contributed by atoms with van der Waals surface area (Å²) in [6.07, 6.45) is 0. The Hall–Kier alpha value is -4.33. The van der Waals surface area contributed by atoms with Crippen LogP contribution in [0.1, 0.15) is 31.8 Å². The van der Waals surface area contributed by atoms with Crippen LogP contribution < -0.4 is 5.32 Å². The maximum Gasteiger partial charge on any atom is 0.338 e. The highest BCUT2D eigenvalue weighted by Gasteiger charge is 2.17. The number of anilines is 1. The topological polar surface area (TPSA) is 116 Å². The van der Waals surface area contributed by atoms with Crippen molar-refractivity contribution >= 4 is 29.0 Å². The van der Waals surface area contributed by atoms with E-state index in [0.717, 1.165) is 0 Å². The number of carbonyl (C=O) groups is 3. The summed E-state index contributed by atoms with van der Waals surface area (Å²) in [4.78, 5) is 47.1. The number of amides is 1. The molecule has 8 heteroatoms. The van der Waals surface area contributed by atoms with E-state index < -0.39 is 23.4 Å². The van der Waals surface area contributed by atoms with E-state index >= 15 is 0 Å². The molecular weight excluding hydrogens is 400 g/mol. The Balaban J connectivity index is 1.59. The molecule has 0 atom stereocenters. The van der Waals surface area contributed by atoms with Crippen molar-refractivity contribution in [3.05, 3.63) is 105 Å².